The SMILES string of the molecule is CC(C)(C)c1ccc(CN2CCC(NC(=O)c3ccc(-c4ccccc4F)s3)CC2)cc1. The second-order valence-corrected chi connectivity index (χ2v) is 10.7. The first kappa shape index (κ1) is 22.7. The van der Waals surface area contributed by atoms with Gasteiger partial charge < -0.3 is 5.32 Å². The smallest absolute Gasteiger partial charge is 0.261 e. The molecule has 1 aliphatic rings. The maximum Gasteiger partial charge on any atom is 0.261 e. The Morgan fingerprint density at radius 1 is 1.03 bits per heavy atom. The Balaban J connectivity index is 1.28. The molecule has 0 aliphatic carbocycles. The highest BCUT2D eigenvalue weighted by atomic mass is 32.1. The number of hydrogen-bond acceptors (Lipinski definition) is 3. The first-order valence-corrected chi connectivity index (χ1v) is 12.1. The number of piperidine rings is 1. The number of amides is 1. The molecule has 168 valence electrons. The molecular weight excluding hydrogens is 419 g/mol. The van der Waals surface area contributed by atoms with Gasteiger partial charge in [-0.15, -0.1) is 11.3 Å². The lowest BCUT2D eigenvalue weighted by atomic mass is 9.86. The Labute approximate surface area is 194 Å². The molecule has 0 radical (unpaired) electrons. The number of rotatable bonds is 5. The van der Waals surface area contributed by atoms with Crippen molar-refractivity contribution < 1.29 is 9.18 Å². The summed E-state index contributed by atoms with van der Waals surface area (Å²) in [6, 6.07) is 19.4. The number of likely N-dealkylation sites (tertiary alicyclic amines) is 1. The summed E-state index contributed by atoms with van der Waals surface area (Å²) in [6.45, 7) is 9.59. The van der Waals surface area contributed by atoms with Gasteiger partial charge in [-0.3, -0.25) is 9.69 Å². The molecule has 1 saturated heterocycles. The number of benzene rings is 2. The number of nitrogens with zero attached hydrogens (tertiary/aromatic N) is 1. The molecule has 1 aliphatic heterocycles. The summed E-state index contributed by atoms with van der Waals surface area (Å²) in [5.74, 6) is -0.324. The number of carbonyl (C=O) groups excluding carboxylic acids is 1. The normalized spacial score (nSPS) is 15.6. The first-order valence-electron chi connectivity index (χ1n) is 11.3. The van der Waals surface area contributed by atoms with Crippen molar-refractivity contribution in [2.75, 3.05) is 13.1 Å². The first-order chi connectivity index (χ1) is 15.3. The van der Waals surface area contributed by atoms with E-state index in [2.05, 4.69) is 55.3 Å². The summed E-state index contributed by atoms with van der Waals surface area (Å²) in [4.78, 5) is 16.6. The van der Waals surface area contributed by atoms with Crippen molar-refractivity contribution in [1.82, 2.24) is 10.2 Å². The van der Waals surface area contributed by atoms with Crippen LogP contribution in [0, 0.1) is 5.82 Å². The lowest BCUT2D eigenvalue weighted by Crippen LogP contribution is -2.44. The van der Waals surface area contributed by atoms with E-state index >= 15 is 0 Å². The number of carbonyl (C=O) groups is 1. The van der Waals surface area contributed by atoms with Crippen LogP contribution in [0.4, 0.5) is 4.39 Å². The minimum atomic E-state index is -0.262. The molecule has 2 heterocycles. The molecule has 1 N–H and O–H groups in total. The minimum absolute atomic E-state index is 0.0613. The summed E-state index contributed by atoms with van der Waals surface area (Å²) < 4.78 is 14.0. The van der Waals surface area contributed by atoms with Crippen molar-refractivity contribution in [3.05, 3.63) is 82.5 Å². The molecule has 3 nitrogen and oxygen atoms in total. The van der Waals surface area contributed by atoms with Crippen molar-refractivity contribution in [3.8, 4) is 10.4 Å². The van der Waals surface area contributed by atoms with E-state index in [-0.39, 0.29) is 23.2 Å². The zero-order valence-electron chi connectivity index (χ0n) is 19.0. The van der Waals surface area contributed by atoms with Crippen molar-refractivity contribution in [2.24, 2.45) is 0 Å². The zero-order chi connectivity index (χ0) is 22.7. The molecule has 5 heteroatoms. The van der Waals surface area contributed by atoms with Crippen LogP contribution in [0.3, 0.4) is 0 Å². The van der Waals surface area contributed by atoms with Gasteiger partial charge in [-0.05, 0) is 47.6 Å². The Morgan fingerprint density at radius 2 is 1.72 bits per heavy atom. The fraction of sp³-hybridized carbons (Fsp3) is 0.370. The third kappa shape index (κ3) is 5.45. The fourth-order valence-corrected chi connectivity index (χ4v) is 5.06. The molecule has 0 saturated carbocycles. The van der Waals surface area contributed by atoms with E-state index in [0.717, 1.165) is 37.4 Å². The van der Waals surface area contributed by atoms with Gasteiger partial charge in [0.15, 0.2) is 0 Å². The average Bonchev–Trinajstić information content (AvgIpc) is 3.25. The molecule has 3 aromatic rings. The Hall–Kier alpha value is -2.50. The summed E-state index contributed by atoms with van der Waals surface area (Å²) >= 11 is 1.34. The van der Waals surface area contributed by atoms with Crippen LogP contribution in [-0.2, 0) is 12.0 Å². The van der Waals surface area contributed by atoms with Gasteiger partial charge in [-0.2, -0.15) is 0 Å². The third-order valence-corrected chi connectivity index (χ3v) is 7.24. The quantitative estimate of drug-likeness (QED) is 0.499. The van der Waals surface area contributed by atoms with Gasteiger partial charge in [0.2, 0.25) is 0 Å². The van der Waals surface area contributed by atoms with Gasteiger partial charge in [0.05, 0.1) is 4.88 Å². The molecule has 1 aromatic heterocycles. The maximum atomic E-state index is 14.0. The van der Waals surface area contributed by atoms with Crippen LogP contribution >= 0.6 is 11.3 Å². The molecule has 1 fully saturated rings. The van der Waals surface area contributed by atoms with Crippen LogP contribution in [0.2, 0.25) is 0 Å². The number of hydrogen-bond donors (Lipinski definition) is 1. The highest BCUT2D eigenvalue weighted by Gasteiger charge is 2.22. The molecule has 0 spiro atoms. The molecule has 1 amide bonds. The molecule has 4 rings (SSSR count). The molecule has 0 unspecified atom stereocenters. The van der Waals surface area contributed by atoms with E-state index in [1.165, 1.54) is 28.5 Å². The largest absolute Gasteiger partial charge is 0.349 e. The highest BCUT2D eigenvalue weighted by Crippen LogP contribution is 2.30. The predicted molar refractivity (Wildman–Crippen MR) is 131 cm³/mol. The summed E-state index contributed by atoms with van der Waals surface area (Å²) in [7, 11) is 0. The van der Waals surface area contributed by atoms with Crippen molar-refractivity contribution in [2.45, 2.75) is 51.6 Å². The summed E-state index contributed by atoms with van der Waals surface area (Å²) in [5, 5.41) is 3.17. The van der Waals surface area contributed by atoms with Crippen LogP contribution in [0.25, 0.3) is 10.4 Å². The third-order valence-electron chi connectivity index (χ3n) is 6.12. The number of thiophene rings is 1. The van der Waals surface area contributed by atoms with Gasteiger partial charge in [0, 0.05) is 36.1 Å². The fourth-order valence-electron chi connectivity index (χ4n) is 4.13. The maximum absolute atomic E-state index is 14.0. The van der Waals surface area contributed by atoms with Crippen molar-refractivity contribution in [3.63, 3.8) is 0 Å². The molecule has 32 heavy (non-hydrogen) atoms. The molecule has 2 aromatic carbocycles. The molecule has 0 bridgehead atoms. The minimum Gasteiger partial charge on any atom is -0.349 e. The summed E-state index contributed by atoms with van der Waals surface area (Å²) in [6.07, 6.45) is 1.88. The predicted octanol–water partition coefficient (Wildman–Crippen LogP) is 6.25. The number of nitrogens with one attached hydrogen (secondary N) is 1. The van der Waals surface area contributed by atoms with E-state index < -0.39 is 0 Å². The average molecular weight is 451 g/mol. The van der Waals surface area contributed by atoms with E-state index in [9.17, 15) is 9.18 Å². The molecule has 0 atom stereocenters. The van der Waals surface area contributed by atoms with Gasteiger partial charge in [0.25, 0.3) is 5.91 Å². The Morgan fingerprint density at radius 3 is 2.38 bits per heavy atom. The highest BCUT2D eigenvalue weighted by molar-refractivity contribution is 7.17. The Kier molecular flexibility index (Phi) is 6.77. The number of halogens is 1. The van der Waals surface area contributed by atoms with Gasteiger partial charge in [-0.25, -0.2) is 4.39 Å². The van der Waals surface area contributed by atoms with E-state index in [0.29, 0.717) is 10.4 Å². The standard InChI is InChI=1S/C27H31FN2OS/c1-27(2,3)20-10-8-19(9-11-20)18-30-16-14-21(15-17-30)29-26(31)25-13-12-24(32-25)22-6-4-5-7-23(22)28/h4-13,21H,14-18H2,1-3H3,(H,29,31). The van der Waals surface area contributed by atoms with Crippen LogP contribution in [0.5, 0.6) is 0 Å². The second kappa shape index (κ2) is 9.55. The van der Waals surface area contributed by atoms with Gasteiger partial charge in [-0.1, -0.05) is 63.2 Å². The summed E-state index contributed by atoms with van der Waals surface area (Å²) in [5.41, 5.74) is 3.41. The second-order valence-electron chi connectivity index (χ2n) is 9.61. The van der Waals surface area contributed by atoms with E-state index in [1.807, 2.05) is 12.1 Å². The van der Waals surface area contributed by atoms with Crippen LogP contribution < -0.4 is 5.32 Å². The van der Waals surface area contributed by atoms with Crippen LogP contribution in [0.15, 0.2) is 60.7 Å². The van der Waals surface area contributed by atoms with Gasteiger partial charge in [0.1, 0.15) is 5.82 Å². The topological polar surface area (TPSA) is 32.3 Å². The monoisotopic (exact) mass is 450 g/mol. The Bertz CT molecular complexity index is 1060. The lowest BCUT2D eigenvalue weighted by molar-refractivity contribution is 0.0913. The zero-order valence-corrected chi connectivity index (χ0v) is 19.8. The lowest BCUT2D eigenvalue weighted by Gasteiger charge is -2.32. The van der Waals surface area contributed by atoms with Crippen molar-refractivity contribution in [1.29, 1.82) is 0 Å². The van der Waals surface area contributed by atoms with Crippen molar-refractivity contribution >= 4 is 17.2 Å². The van der Waals surface area contributed by atoms with E-state index in [1.54, 1.807) is 18.2 Å². The van der Waals surface area contributed by atoms with Crippen LogP contribution in [-0.4, -0.2) is 29.9 Å². The van der Waals surface area contributed by atoms with Gasteiger partial charge >= 0.3 is 0 Å². The van der Waals surface area contributed by atoms with Crippen LogP contribution in [0.1, 0.15) is 54.4 Å². The molecular formula is C27H31FN2OS. The van der Waals surface area contributed by atoms with E-state index in [4.69, 9.17) is 0 Å².